The molecule has 72 valence electrons. The monoisotopic (exact) mass is 192 g/mol. The van der Waals surface area contributed by atoms with Crippen LogP contribution >= 0.6 is 0 Å². The maximum Gasteiger partial charge on any atom is 0.310 e. The van der Waals surface area contributed by atoms with Crippen LogP contribution in [0.5, 0.6) is 0 Å². The lowest BCUT2D eigenvalue weighted by molar-refractivity contribution is -0.145. The molecule has 0 aromatic rings. The van der Waals surface area contributed by atoms with Crippen molar-refractivity contribution in [3.05, 3.63) is 0 Å². The van der Waals surface area contributed by atoms with Gasteiger partial charge >= 0.3 is 5.97 Å². The third-order valence-electron chi connectivity index (χ3n) is 1.61. The summed E-state index contributed by atoms with van der Waals surface area (Å²) in [6, 6.07) is 0. The normalized spacial score (nSPS) is 14.8. The molecule has 3 nitrogen and oxygen atoms in total. The molecule has 1 atom stereocenters. The maximum absolute atomic E-state index is 11.3. The second-order valence-electron chi connectivity index (χ2n) is 3.76. The molecular weight excluding hydrogens is 176 g/mol. The Kier molecular flexibility index (Phi) is 3.90. The number of carboxylic acids is 1. The van der Waals surface area contributed by atoms with E-state index in [1.165, 1.54) is 0 Å². The minimum Gasteiger partial charge on any atom is -0.481 e. The van der Waals surface area contributed by atoms with Crippen molar-refractivity contribution < 1.29 is 14.1 Å². The topological polar surface area (TPSA) is 54.4 Å². The highest BCUT2D eigenvalue weighted by molar-refractivity contribution is 7.85. The van der Waals surface area contributed by atoms with E-state index in [1.807, 2.05) is 13.8 Å². The van der Waals surface area contributed by atoms with Crippen LogP contribution in [0.25, 0.3) is 0 Å². The zero-order valence-electron chi connectivity index (χ0n) is 7.96. The first-order chi connectivity index (χ1) is 5.27. The highest BCUT2D eigenvalue weighted by Crippen LogP contribution is 2.18. The van der Waals surface area contributed by atoms with Crippen molar-refractivity contribution >= 4 is 16.8 Å². The van der Waals surface area contributed by atoms with Gasteiger partial charge in [-0.05, 0) is 13.8 Å². The first-order valence-electron chi connectivity index (χ1n) is 3.88. The standard InChI is InChI=1S/C8H16O3S/c1-6(2)12(11)5-8(3,4)7(9)10/h6H,5H2,1-4H3,(H,9,10). The Morgan fingerprint density at radius 3 is 2.17 bits per heavy atom. The Balaban J connectivity index is 4.25. The van der Waals surface area contributed by atoms with Crippen molar-refractivity contribution in [2.24, 2.45) is 5.41 Å². The molecule has 0 radical (unpaired) electrons. The molecule has 0 aliphatic heterocycles. The molecule has 0 fully saturated rings. The van der Waals surface area contributed by atoms with E-state index in [-0.39, 0.29) is 11.0 Å². The molecule has 0 heterocycles. The lowest BCUT2D eigenvalue weighted by atomic mass is 9.97. The minimum atomic E-state index is -1.04. The first kappa shape index (κ1) is 11.6. The zero-order valence-corrected chi connectivity index (χ0v) is 8.77. The van der Waals surface area contributed by atoms with Gasteiger partial charge in [-0.3, -0.25) is 9.00 Å². The van der Waals surface area contributed by atoms with E-state index >= 15 is 0 Å². The molecule has 0 aliphatic rings. The fourth-order valence-electron chi connectivity index (χ4n) is 0.584. The zero-order chi connectivity index (χ0) is 9.94. The summed E-state index contributed by atoms with van der Waals surface area (Å²) in [4.78, 5) is 10.6. The lowest BCUT2D eigenvalue weighted by Crippen LogP contribution is -2.32. The van der Waals surface area contributed by atoms with Crippen LogP contribution in [0, 0.1) is 5.41 Å². The molecule has 0 spiro atoms. The Bertz CT molecular complexity index is 196. The predicted octanol–water partition coefficient (Wildman–Crippen LogP) is 1.25. The van der Waals surface area contributed by atoms with Crippen molar-refractivity contribution in [2.45, 2.75) is 32.9 Å². The number of hydrogen-bond donors (Lipinski definition) is 1. The second kappa shape index (κ2) is 4.03. The van der Waals surface area contributed by atoms with Crippen molar-refractivity contribution in [2.75, 3.05) is 5.75 Å². The van der Waals surface area contributed by atoms with Gasteiger partial charge in [0.1, 0.15) is 0 Å². The lowest BCUT2D eigenvalue weighted by Gasteiger charge is -2.19. The molecule has 0 aromatic heterocycles. The van der Waals surface area contributed by atoms with E-state index in [1.54, 1.807) is 13.8 Å². The SMILES string of the molecule is CC(C)S(=O)CC(C)(C)C(=O)O. The third-order valence-corrected chi connectivity index (χ3v) is 3.67. The van der Waals surface area contributed by atoms with Crippen LogP contribution in [0.4, 0.5) is 0 Å². The maximum atomic E-state index is 11.3. The van der Waals surface area contributed by atoms with Crippen LogP contribution in [0.2, 0.25) is 0 Å². The summed E-state index contributed by atoms with van der Waals surface area (Å²) in [6.45, 7) is 6.84. The molecule has 0 bridgehead atoms. The van der Waals surface area contributed by atoms with Crippen LogP contribution in [0.3, 0.4) is 0 Å². The molecule has 12 heavy (non-hydrogen) atoms. The molecular formula is C8H16O3S. The summed E-state index contributed by atoms with van der Waals surface area (Å²) in [6.07, 6.45) is 0. The van der Waals surface area contributed by atoms with Crippen molar-refractivity contribution in [1.82, 2.24) is 0 Å². The summed E-state index contributed by atoms with van der Waals surface area (Å²) >= 11 is 0. The fourth-order valence-corrected chi connectivity index (χ4v) is 1.75. The molecule has 0 rings (SSSR count). The third kappa shape index (κ3) is 3.34. The van der Waals surface area contributed by atoms with E-state index < -0.39 is 22.2 Å². The van der Waals surface area contributed by atoms with Crippen LogP contribution in [-0.2, 0) is 15.6 Å². The molecule has 0 aromatic carbocycles. The van der Waals surface area contributed by atoms with Gasteiger partial charge in [0.15, 0.2) is 0 Å². The molecule has 1 unspecified atom stereocenters. The summed E-state index contributed by atoms with van der Waals surface area (Å²) < 4.78 is 11.3. The van der Waals surface area contributed by atoms with E-state index in [0.29, 0.717) is 0 Å². The number of carbonyl (C=O) groups is 1. The molecule has 0 saturated heterocycles. The van der Waals surface area contributed by atoms with Gasteiger partial charge in [-0.25, -0.2) is 0 Å². The van der Waals surface area contributed by atoms with Gasteiger partial charge in [0.2, 0.25) is 0 Å². The molecule has 0 aliphatic carbocycles. The average Bonchev–Trinajstić information content (AvgIpc) is 1.85. The summed E-state index contributed by atoms with van der Waals surface area (Å²) in [7, 11) is -1.04. The van der Waals surface area contributed by atoms with E-state index in [2.05, 4.69) is 0 Å². The van der Waals surface area contributed by atoms with Gasteiger partial charge in [-0.2, -0.15) is 0 Å². The number of aliphatic carboxylic acids is 1. The van der Waals surface area contributed by atoms with Crippen LogP contribution in [0.1, 0.15) is 27.7 Å². The molecule has 0 saturated carbocycles. The molecule has 4 heteroatoms. The molecule has 0 amide bonds. The van der Waals surface area contributed by atoms with E-state index in [4.69, 9.17) is 5.11 Å². The number of carboxylic acid groups (broad SMARTS) is 1. The van der Waals surface area contributed by atoms with Crippen molar-refractivity contribution in [3.63, 3.8) is 0 Å². The van der Waals surface area contributed by atoms with Crippen molar-refractivity contribution in [3.8, 4) is 0 Å². The quantitative estimate of drug-likeness (QED) is 0.729. The van der Waals surface area contributed by atoms with Crippen LogP contribution in [-0.4, -0.2) is 26.3 Å². The summed E-state index contributed by atoms with van der Waals surface area (Å²) in [5.74, 6) is -0.670. The largest absolute Gasteiger partial charge is 0.481 e. The Morgan fingerprint density at radius 2 is 1.92 bits per heavy atom. The van der Waals surface area contributed by atoms with Gasteiger partial charge < -0.3 is 5.11 Å². The number of hydrogen-bond acceptors (Lipinski definition) is 2. The number of rotatable bonds is 4. The van der Waals surface area contributed by atoms with Crippen molar-refractivity contribution in [1.29, 1.82) is 0 Å². The first-order valence-corrected chi connectivity index (χ1v) is 5.26. The van der Waals surface area contributed by atoms with Gasteiger partial charge in [0.05, 0.1) is 5.41 Å². The van der Waals surface area contributed by atoms with Gasteiger partial charge in [0, 0.05) is 21.8 Å². The Labute approximate surface area is 75.6 Å². The van der Waals surface area contributed by atoms with Crippen LogP contribution < -0.4 is 0 Å². The van der Waals surface area contributed by atoms with Gasteiger partial charge in [-0.1, -0.05) is 13.8 Å². The highest BCUT2D eigenvalue weighted by atomic mass is 32.2. The van der Waals surface area contributed by atoms with Gasteiger partial charge in [-0.15, -0.1) is 0 Å². The Morgan fingerprint density at radius 1 is 1.50 bits per heavy atom. The van der Waals surface area contributed by atoms with E-state index in [0.717, 1.165) is 0 Å². The van der Waals surface area contributed by atoms with Crippen LogP contribution in [0.15, 0.2) is 0 Å². The fraction of sp³-hybridized carbons (Fsp3) is 0.875. The predicted molar refractivity (Wildman–Crippen MR) is 49.6 cm³/mol. The second-order valence-corrected chi connectivity index (χ2v) is 5.76. The summed E-state index contributed by atoms with van der Waals surface area (Å²) in [5.41, 5.74) is -0.880. The van der Waals surface area contributed by atoms with Gasteiger partial charge in [0.25, 0.3) is 0 Å². The Hall–Kier alpha value is -0.380. The van der Waals surface area contributed by atoms with E-state index in [9.17, 15) is 9.00 Å². The minimum absolute atomic E-state index is 0.0311. The average molecular weight is 192 g/mol. The highest BCUT2D eigenvalue weighted by Gasteiger charge is 2.30. The molecule has 1 N–H and O–H groups in total. The summed E-state index contributed by atoms with van der Waals surface area (Å²) in [5, 5.41) is 8.77. The smallest absolute Gasteiger partial charge is 0.310 e.